The fraction of sp³-hybridized carbons (Fsp3) is 0.571. The molecule has 0 amide bonds. The summed E-state index contributed by atoms with van der Waals surface area (Å²) in [6.07, 6.45) is 1.09. The maximum absolute atomic E-state index is 8.67. The largest absolute Gasteiger partial charge is 0.514 e. The topological polar surface area (TPSA) is 55.1 Å². The number of pyridine rings is 1. The van der Waals surface area contributed by atoms with Crippen LogP contribution in [0, 0.1) is 11.3 Å². The minimum absolute atomic E-state index is 0.394. The maximum atomic E-state index is 8.67. The van der Waals surface area contributed by atoms with Gasteiger partial charge in [-0.3, -0.25) is 0 Å². The van der Waals surface area contributed by atoms with Crippen LogP contribution in [0.15, 0.2) is 12.1 Å². The molecule has 1 aliphatic heterocycles. The lowest BCUT2D eigenvalue weighted by Gasteiger charge is -2.32. The highest BCUT2D eigenvalue weighted by atomic mass is 35.5. The Morgan fingerprint density at radius 3 is 2.40 bits per heavy atom. The molecule has 0 spiro atoms. The monoisotopic (exact) mass is 292 g/mol. The van der Waals surface area contributed by atoms with Gasteiger partial charge in [0.1, 0.15) is 5.15 Å². The lowest BCUT2D eigenvalue weighted by molar-refractivity contribution is 0.00578. The zero-order chi connectivity index (χ0) is 15.0. The van der Waals surface area contributed by atoms with Crippen molar-refractivity contribution in [3.63, 3.8) is 0 Å². The van der Waals surface area contributed by atoms with Gasteiger partial charge in [-0.15, -0.1) is 0 Å². The predicted molar refractivity (Wildman–Crippen MR) is 78.9 cm³/mol. The Bertz CT molecular complexity index is 539. The van der Waals surface area contributed by atoms with Gasteiger partial charge in [-0.1, -0.05) is 11.6 Å². The van der Waals surface area contributed by atoms with Crippen molar-refractivity contribution in [3.8, 4) is 6.07 Å². The molecule has 2 heterocycles. The zero-order valence-electron chi connectivity index (χ0n) is 12.2. The summed E-state index contributed by atoms with van der Waals surface area (Å²) >= 11 is 6.04. The SMILES string of the molecule is CC1(C)OB(c2cc(CCC#N)cc(Cl)n2)OC1(C)C. The summed E-state index contributed by atoms with van der Waals surface area (Å²) in [7, 11) is -0.528. The first kappa shape index (κ1) is 15.3. The fourth-order valence-corrected chi connectivity index (χ4v) is 2.24. The first-order valence-corrected chi connectivity index (χ1v) is 7.02. The minimum atomic E-state index is -0.528. The molecule has 0 N–H and O–H groups in total. The molecule has 0 radical (unpaired) electrons. The number of aryl methyl sites for hydroxylation is 1. The van der Waals surface area contributed by atoms with Gasteiger partial charge in [-0.25, -0.2) is 4.98 Å². The summed E-state index contributed by atoms with van der Waals surface area (Å²) in [5.74, 6) is 0. The first-order valence-electron chi connectivity index (χ1n) is 6.64. The molecule has 106 valence electrons. The molecular formula is C14H18BClN2O2. The Hall–Kier alpha value is -1.09. The molecule has 6 heteroatoms. The smallest absolute Gasteiger partial charge is 0.398 e. The van der Waals surface area contributed by atoms with Crippen LogP contribution in [-0.2, 0) is 15.7 Å². The molecule has 20 heavy (non-hydrogen) atoms. The summed E-state index contributed by atoms with van der Waals surface area (Å²) in [6.45, 7) is 7.98. The number of rotatable bonds is 3. The molecule has 0 aromatic carbocycles. The third kappa shape index (κ3) is 2.98. The van der Waals surface area contributed by atoms with E-state index in [0.717, 1.165) is 5.56 Å². The minimum Gasteiger partial charge on any atom is -0.398 e. The van der Waals surface area contributed by atoms with E-state index in [2.05, 4.69) is 11.1 Å². The number of nitrogens with zero attached hydrogens (tertiary/aromatic N) is 2. The third-order valence-corrected chi connectivity index (χ3v) is 4.09. The van der Waals surface area contributed by atoms with Crippen molar-refractivity contribution < 1.29 is 9.31 Å². The van der Waals surface area contributed by atoms with Crippen molar-refractivity contribution >= 4 is 24.3 Å². The molecular weight excluding hydrogens is 274 g/mol. The Balaban J connectivity index is 2.26. The van der Waals surface area contributed by atoms with Crippen molar-refractivity contribution in [3.05, 3.63) is 22.8 Å². The van der Waals surface area contributed by atoms with Crippen molar-refractivity contribution in [2.45, 2.75) is 51.7 Å². The maximum Gasteiger partial charge on any atom is 0.514 e. The van der Waals surface area contributed by atoms with Crippen LogP contribution >= 0.6 is 11.6 Å². The van der Waals surface area contributed by atoms with E-state index >= 15 is 0 Å². The van der Waals surface area contributed by atoms with E-state index in [0.29, 0.717) is 23.6 Å². The summed E-state index contributed by atoms with van der Waals surface area (Å²) in [5.41, 5.74) is 0.809. The molecule has 4 nitrogen and oxygen atoms in total. The Labute approximate surface area is 125 Å². The van der Waals surface area contributed by atoms with Crippen LogP contribution in [0.3, 0.4) is 0 Å². The second-order valence-electron chi connectivity index (χ2n) is 5.97. The van der Waals surface area contributed by atoms with Crippen LogP contribution in [0.2, 0.25) is 5.15 Å². The van der Waals surface area contributed by atoms with Gasteiger partial charge >= 0.3 is 7.12 Å². The molecule has 1 aliphatic rings. The molecule has 0 aliphatic carbocycles. The van der Waals surface area contributed by atoms with E-state index < -0.39 is 18.3 Å². The number of halogens is 1. The van der Waals surface area contributed by atoms with Crippen molar-refractivity contribution in [1.29, 1.82) is 5.26 Å². The molecule has 1 aromatic rings. The standard InChI is InChI=1S/C14H18BClN2O2/c1-13(2)14(3,4)20-15(19-13)11-8-10(6-5-7-17)9-12(16)18-11/h8-9H,5-6H2,1-4H3. The van der Waals surface area contributed by atoms with Crippen LogP contribution < -0.4 is 5.59 Å². The highest BCUT2D eigenvalue weighted by Crippen LogP contribution is 2.36. The van der Waals surface area contributed by atoms with Crippen molar-refractivity contribution in [2.75, 3.05) is 0 Å². The molecule has 1 fully saturated rings. The fourth-order valence-electron chi connectivity index (χ4n) is 2.00. The van der Waals surface area contributed by atoms with E-state index in [-0.39, 0.29) is 0 Å². The van der Waals surface area contributed by atoms with E-state index in [4.69, 9.17) is 26.2 Å². The van der Waals surface area contributed by atoms with E-state index in [9.17, 15) is 0 Å². The summed E-state index contributed by atoms with van der Waals surface area (Å²) < 4.78 is 11.9. The van der Waals surface area contributed by atoms with Gasteiger partial charge in [0.15, 0.2) is 0 Å². The van der Waals surface area contributed by atoms with Crippen LogP contribution in [-0.4, -0.2) is 23.3 Å². The van der Waals surface area contributed by atoms with Crippen LogP contribution in [0.1, 0.15) is 39.7 Å². The Kier molecular flexibility index (Phi) is 4.10. The van der Waals surface area contributed by atoms with Gasteiger partial charge in [0.25, 0.3) is 0 Å². The number of hydrogen-bond acceptors (Lipinski definition) is 4. The lowest BCUT2D eigenvalue weighted by atomic mass is 9.83. The normalized spacial score (nSPS) is 19.9. The summed E-state index contributed by atoms with van der Waals surface area (Å²) in [4.78, 5) is 4.29. The van der Waals surface area contributed by atoms with Gasteiger partial charge < -0.3 is 9.31 Å². The second-order valence-corrected chi connectivity index (χ2v) is 6.36. The highest BCUT2D eigenvalue weighted by molar-refractivity contribution is 6.61. The van der Waals surface area contributed by atoms with Gasteiger partial charge in [-0.2, -0.15) is 5.26 Å². The Morgan fingerprint density at radius 1 is 1.25 bits per heavy atom. The molecule has 0 saturated carbocycles. The number of hydrogen-bond donors (Lipinski definition) is 0. The van der Waals surface area contributed by atoms with Crippen molar-refractivity contribution in [2.24, 2.45) is 0 Å². The van der Waals surface area contributed by atoms with Gasteiger partial charge in [0, 0.05) is 6.42 Å². The summed E-state index contributed by atoms with van der Waals surface area (Å²) in [5, 5.41) is 9.06. The molecule has 0 atom stereocenters. The quantitative estimate of drug-likeness (QED) is 0.634. The van der Waals surface area contributed by atoms with Crippen molar-refractivity contribution in [1.82, 2.24) is 4.98 Å². The van der Waals surface area contributed by atoms with Gasteiger partial charge in [-0.05, 0) is 51.8 Å². The number of nitriles is 1. The van der Waals surface area contributed by atoms with Gasteiger partial charge in [0.2, 0.25) is 0 Å². The molecule has 2 rings (SSSR count). The predicted octanol–water partition coefficient (Wildman–Crippen LogP) is 2.49. The third-order valence-electron chi connectivity index (χ3n) is 3.89. The molecule has 0 bridgehead atoms. The van der Waals surface area contributed by atoms with E-state index in [1.54, 1.807) is 6.07 Å². The van der Waals surface area contributed by atoms with Crippen LogP contribution in [0.5, 0.6) is 0 Å². The second kappa shape index (κ2) is 5.36. The molecule has 0 unspecified atom stereocenters. The summed E-state index contributed by atoms with van der Waals surface area (Å²) in [6, 6.07) is 5.79. The highest BCUT2D eigenvalue weighted by Gasteiger charge is 2.52. The van der Waals surface area contributed by atoms with E-state index in [1.807, 2.05) is 33.8 Å². The number of aromatic nitrogens is 1. The van der Waals surface area contributed by atoms with Crippen LogP contribution in [0.25, 0.3) is 0 Å². The molecule has 1 aromatic heterocycles. The van der Waals surface area contributed by atoms with E-state index in [1.165, 1.54) is 0 Å². The average Bonchev–Trinajstić information content (AvgIpc) is 2.55. The lowest BCUT2D eigenvalue weighted by Crippen LogP contribution is -2.41. The molecule has 1 saturated heterocycles. The van der Waals surface area contributed by atoms with Crippen LogP contribution in [0.4, 0.5) is 0 Å². The Morgan fingerprint density at radius 2 is 1.85 bits per heavy atom. The zero-order valence-corrected chi connectivity index (χ0v) is 13.0. The van der Waals surface area contributed by atoms with Gasteiger partial charge in [0.05, 0.1) is 22.9 Å². The first-order chi connectivity index (χ1) is 9.25. The average molecular weight is 293 g/mol.